The Balaban J connectivity index is 1.78. The van der Waals surface area contributed by atoms with Gasteiger partial charge >= 0.3 is 5.97 Å². The Hall–Kier alpha value is -2.73. The van der Waals surface area contributed by atoms with E-state index in [0.29, 0.717) is 0 Å². The van der Waals surface area contributed by atoms with Crippen molar-refractivity contribution < 1.29 is 23.4 Å². The zero-order valence-corrected chi connectivity index (χ0v) is 17.1. The number of carboxylic acids is 1. The molecule has 6 heteroatoms. The van der Waals surface area contributed by atoms with E-state index in [-0.39, 0.29) is 30.8 Å². The normalized spacial score (nSPS) is 10.9. The van der Waals surface area contributed by atoms with E-state index in [4.69, 9.17) is 9.84 Å². The van der Waals surface area contributed by atoms with Crippen LogP contribution in [-0.2, 0) is 24.2 Å². The summed E-state index contributed by atoms with van der Waals surface area (Å²) in [5, 5.41) is 8.71. The second kappa shape index (κ2) is 9.18. The van der Waals surface area contributed by atoms with Gasteiger partial charge in [-0.25, -0.2) is 4.39 Å². The third-order valence-corrected chi connectivity index (χ3v) is 5.72. The van der Waals surface area contributed by atoms with Crippen molar-refractivity contribution in [2.75, 3.05) is 0 Å². The van der Waals surface area contributed by atoms with Gasteiger partial charge in [0.05, 0.1) is 4.88 Å². The summed E-state index contributed by atoms with van der Waals surface area (Å²) < 4.78 is 34.2. The highest BCUT2D eigenvalue weighted by Gasteiger charge is 2.17. The van der Waals surface area contributed by atoms with E-state index in [1.165, 1.54) is 17.7 Å². The molecular formula is C23H22F2O3S. The number of carbonyl (C=O) groups is 1. The van der Waals surface area contributed by atoms with Gasteiger partial charge in [0, 0.05) is 11.3 Å². The molecule has 0 aliphatic heterocycles. The van der Waals surface area contributed by atoms with Gasteiger partial charge in [-0.2, -0.15) is 4.39 Å². The zero-order chi connectivity index (χ0) is 21.0. The molecule has 0 atom stereocenters. The molecule has 0 radical (unpaired) electrons. The predicted molar refractivity (Wildman–Crippen MR) is 111 cm³/mol. The average Bonchev–Trinajstić information content (AvgIpc) is 3.08. The van der Waals surface area contributed by atoms with Crippen LogP contribution in [0.15, 0.2) is 42.5 Å². The maximum atomic E-state index is 14.4. The number of hydrogen-bond donors (Lipinski definition) is 1. The number of halogens is 2. The molecule has 3 aromatic rings. The smallest absolute Gasteiger partial charge is 0.303 e. The molecule has 1 heterocycles. The van der Waals surface area contributed by atoms with Crippen LogP contribution in [0.4, 0.5) is 8.78 Å². The standard InChI is InChI=1S/C23H22F2O3S/c1-3-15-4-6-16(7-5-15)18-12-14(2)29-20(18)13-28-19-10-8-17(9-11-21(26)27)22(24)23(19)25/h4-8,10,12H,3,9,11,13H2,1-2H3,(H,26,27). The summed E-state index contributed by atoms with van der Waals surface area (Å²) >= 11 is 1.56. The fraction of sp³-hybridized carbons (Fsp3) is 0.261. The summed E-state index contributed by atoms with van der Waals surface area (Å²) in [6, 6.07) is 13.1. The lowest BCUT2D eigenvalue weighted by Crippen LogP contribution is -2.03. The molecule has 0 saturated carbocycles. The second-order valence-electron chi connectivity index (χ2n) is 6.78. The van der Waals surface area contributed by atoms with E-state index in [0.717, 1.165) is 27.3 Å². The number of hydrogen-bond acceptors (Lipinski definition) is 3. The minimum absolute atomic E-state index is 0.0286. The molecule has 0 unspecified atom stereocenters. The second-order valence-corrected chi connectivity index (χ2v) is 8.12. The predicted octanol–water partition coefficient (Wildman–Crippen LogP) is 6.16. The largest absolute Gasteiger partial charge is 0.485 e. The number of aliphatic carboxylic acids is 1. The van der Waals surface area contributed by atoms with Gasteiger partial charge in [-0.05, 0) is 54.2 Å². The topological polar surface area (TPSA) is 46.5 Å². The number of rotatable bonds is 8. The van der Waals surface area contributed by atoms with Crippen molar-refractivity contribution in [3.63, 3.8) is 0 Å². The minimum Gasteiger partial charge on any atom is -0.485 e. The van der Waals surface area contributed by atoms with Crippen molar-refractivity contribution in [1.82, 2.24) is 0 Å². The molecule has 152 valence electrons. The molecule has 29 heavy (non-hydrogen) atoms. The van der Waals surface area contributed by atoms with E-state index in [1.54, 1.807) is 11.3 Å². The highest BCUT2D eigenvalue weighted by molar-refractivity contribution is 7.12. The Morgan fingerprint density at radius 3 is 2.48 bits per heavy atom. The Bertz CT molecular complexity index is 1010. The summed E-state index contributed by atoms with van der Waals surface area (Å²) in [5.41, 5.74) is 3.36. The Morgan fingerprint density at radius 1 is 1.10 bits per heavy atom. The number of aryl methyl sites for hydroxylation is 3. The van der Waals surface area contributed by atoms with Crippen molar-refractivity contribution >= 4 is 17.3 Å². The average molecular weight is 416 g/mol. The Kier molecular flexibility index (Phi) is 6.64. The van der Waals surface area contributed by atoms with Crippen LogP contribution in [0.5, 0.6) is 5.75 Å². The summed E-state index contributed by atoms with van der Waals surface area (Å²) in [4.78, 5) is 12.7. The number of carboxylic acid groups (broad SMARTS) is 1. The van der Waals surface area contributed by atoms with Gasteiger partial charge < -0.3 is 9.84 Å². The first-order chi connectivity index (χ1) is 13.9. The number of ether oxygens (including phenoxy) is 1. The molecule has 0 spiro atoms. The quantitative estimate of drug-likeness (QED) is 0.478. The number of benzene rings is 2. The van der Waals surface area contributed by atoms with E-state index in [9.17, 15) is 13.6 Å². The highest BCUT2D eigenvalue weighted by atomic mass is 32.1. The van der Waals surface area contributed by atoms with Crippen LogP contribution < -0.4 is 4.74 Å². The van der Waals surface area contributed by atoms with Crippen LogP contribution in [-0.4, -0.2) is 11.1 Å². The number of thiophene rings is 1. The molecular weight excluding hydrogens is 394 g/mol. The van der Waals surface area contributed by atoms with E-state index >= 15 is 0 Å². The zero-order valence-electron chi connectivity index (χ0n) is 16.3. The third kappa shape index (κ3) is 5.01. The van der Waals surface area contributed by atoms with Crippen molar-refractivity contribution in [1.29, 1.82) is 0 Å². The molecule has 0 amide bonds. The van der Waals surface area contributed by atoms with E-state index < -0.39 is 17.6 Å². The van der Waals surface area contributed by atoms with Gasteiger partial charge in [0.1, 0.15) is 6.61 Å². The third-order valence-electron chi connectivity index (χ3n) is 4.70. The minimum atomic E-state index is -1.09. The van der Waals surface area contributed by atoms with Gasteiger partial charge in [-0.1, -0.05) is 37.3 Å². The Morgan fingerprint density at radius 2 is 1.83 bits per heavy atom. The first kappa shape index (κ1) is 21.0. The molecule has 1 aromatic heterocycles. The van der Waals surface area contributed by atoms with Crippen LogP contribution in [0.1, 0.15) is 34.2 Å². The summed E-state index contributed by atoms with van der Waals surface area (Å²) in [6.07, 6.45) is 0.637. The summed E-state index contributed by atoms with van der Waals surface area (Å²) in [5.74, 6) is -3.38. The molecule has 0 saturated heterocycles. The first-order valence-corrected chi connectivity index (χ1v) is 10.2. The lowest BCUT2D eigenvalue weighted by atomic mass is 10.0. The molecule has 0 fully saturated rings. The lowest BCUT2D eigenvalue weighted by molar-refractivity contribution is -0.136. The molecule has 0 bridgehead atoms. The summed E-state index contributed by atoms with van der Waals surface area (Å²) in [6.45, 7) is 4.22. The monoisotopic (exact) mass is 416 g/mol. The maximum Gasteiger partial charge on any atom is 0.303 e. The SMILES string of the molecule is CCc1ccc(-c2cc(C)sc2COc2ccc(CCC(=O)O)c(F)c2F)cc1. The fourth-order valence-electron chi connectivity index (χ4n) is 3.10. The summed E-state index contributed by atoms with van der Waals surface area (Å²) in [7, 11) is 0. The van der Waals surface area contributed by atoms with Crippen LogP contribution in [0.2, 0.25) is 0 Å². The van der Waals surface area contributed by atoms with Gasteiger partial charge in [-0.3, -0.25) is 4.79 Å². The van der Waals surface area contributed by atoms with Crippen LogP contribution in [0.3, 0.4) is 0 Å². The van der Waals surface area contributed by atoms with Crippen molar-refractivity contribution in [2.24, 2.45) is 0 Å². The maximum absolute atomic E-state index is 14.4. The molecule has 0 aliphatic rings. The lowest BCUT2D eigenvalue weighted by Gasteiger charge is -2.11. The van der Waals surface area contributed by atoms with Crippen LogP contribution in [0, 0.1) is 18.6 Å². The van der Waals surface area contributed by atoms with Gasteiger partial charge in [-0.15, -0.1) is 11.3 Å². The van der Waals surface area contributed by atoms with Gasteiger partial charge in [0.25, 0.3) is 0 Å². The molecule has 1 N–H and O–H groups in total. The van der Waals surface area contributed by atoms with E-state index in [1.807, 2.05) is 6.92 Å². The first-order valence-electron chi connectivity index (χ1n) is 9.39. The highest BCUT2D eigenvalue weighted by Crippen LogP contribution is 2.33. The molecule has 2 aromatic carbocycles. The van der Waals surface area contributed by atoms with Crippen molar-refractivity contribution in [2.45, 2.75) is 39.7 Å². The molecule has 0 aliphatic carbocycles. The molecule has 3 rings (SSSR count). The van der Waals surface area contributed by atoms with E-state index in [2.05, 4.69) is 37.3 Å². The van der Waals surface area contributed by atoms with Crippen LogP contribution in [0.25, 0.3) is 11.1 Å². The van der Waals surface area contributed by atoms with Crippen LogP contribution >= 0.6 is 11.3 Å². The van der Waals surface area contributed by atoms with Crippen molar-refractivity contribution in [3.8, 4) is 16.9 Å². The molecule has 3 nitrogen and oxygen atoms in total. The van der Waals surface area contributed by atoms with Crippen molar-refractivity contribution in [3.05, 3.63) is 75.0 Å². The van der Waals surface area contributed by atoms with Gasteiger partial charge in [0.15, 0.2) is 11.6 Å². The van der Waals surface area contributed by atoms with Gasteiger partial charge in [0.2, 0.25) is 5.82 Å². The Labute approximate surface area is 172 Å². The fourth-order valence-corrected chi connectivity index (χ4v) is 4.07.